The van der Waals surface area contributed by atoms with E-state index in [1.54, 1.807) is 0 Å². The van der Waals surface area contributed by atoms with E-state index in [0.717, 1.165) is 32.0 Å². The Morgan fingerprint density at radius 2 is 2.00 bits per heavy atom. The average Bonchev–Trinajstić information content (AvgIpc) is 3.11. The molecule has 16 heavy (non-hydrogen) atoms. The van der Waals surface area contributed by atoms with Gasteiger partial charge < -0.3 is 15.4 Å². The van der Waals surface area contributed by atoms with Crippen molar-refractivity contribution in [2.45, 2.75) is 44.7 Å². The lowest BCUT2D eigenvalue weighted by molar-refractivity contribution is -0.121. The minimum Gasteiger partial charge on any atom is -0.381 e. The molecule has 1 aliphatic carbocycles. The average molecular weight is 226 g/mol. The van der Waals surface area contributed by atoms with Crippen molar-refractivity contribution in [3.63, 3.8) is 0 Å². The van der Waals surface area contributed by atoms with Gasteiger partial charge in [0.25, 0.3) is 0 Å². The molecule has 2 rings (SSSR count). The van der Waals surface area contributed by atoms with Crippen LogP contribution in [0.4, 0.5) is 0 Å². The highest BCUT2D eigenvalue weighted by Crippen LogP contribution is 2.32. The lowest BCUT2D eigenvalue weighted by Gasteiger charge is -2.23. The highest BCUT2D eigenvalue weighted by Gasteiger charge is 2.27. The second kappa shape index (κ2) is 5.64. The monoisotopic (exact) mass is 226 g/mol. The smallest absolute Gasteiger partial charge is 0.234 e. The molecule has 92 valence electrons. The topological polar surface area (TPSA) is 50.4 Å². The highest BCUT2D eigenvalue weighted by molar-refractivity contribution is 5.78. The zero-order valence-electron chi connectivity index (χ0n) is 10.00. The van der Waals surface area contributed by atoms with Crippen molar-refractivity contribution in [3.8, 4) is 0 Å². The van der Waals surface area contributed by atoms with E-state index in [2.05, 4.69) is 17.6 Å². The molecule has 1 atom stereocenters. The van der Waals surface area contributed by atoms with Gasteiger partial charge in [-0.2, -0.15) is 0 Å². The first-order valence-electron chi connectivity index (χ1n) is 6.36. The van der Waals surface area contributed by atoms with Crippen molar-refractivity contribution in [3.05, 3.63) is 0 Å². The van der Waals surface area contributed by atoms with Crippen LogP contribution in [0, 0.1) is 5.92 Å². The molecular formula is C12H22N2O2. The summed E-state index contributed by atoms with van der Waals surface area (Å²) in [6.07, 6.45) is 4.53. The molecule has 2 aliphatic rings. The predicted octanol–water partition coefficient (Wildman–Crippen LogP) is 0.670. The summed E-state index contributed by atoms with van der Waals surface area (Å²) in [5.74, 6) is 0.926. The molecule has 0 aromatic carbocycles. The quantitative estimate of drug-likeness (QED) is 0.724. The summed E-state index contributed by atoms with van der Waals surface area (Å²) in [4.78, 5) is 11.6. The second-order valence-electron chi connectivity index (χ2n) is 4.96. The Balaban J connectivity index is 1.59. The Morgan fingerprint density at radius 1 is 1.31 bits per heavy atom. The van der Waals surface area contributed by atoms with Crippen molar-refractivity contribution in [1.29, 1.82) is 0 Å². The first-order chi connectivity index (χ1) is 7.75. The van der Waals surface area contributed by atoms with Crippen molar-refractivity contribution in [1.82, 2.24) is 10.6 Å². The molecule has 1 unspecified atom stereocenters. The SMILES string of the molecule is CC(NCC(=O)NC1CCOCC1)C1CC1. The van der Waals surface area contributed by atoms with Crippen LogP contribution >= 0.6 is 0 Å². The van der Waals surface area contributed by atoms with Crippen LogP contribution in [0.25, 0.3) is 0 Å². The Kier molecular flexibility index (Phi) is 4.18. The molecular weight excluding hydrogens is 204 g/mol. The van der Waals surface area contributed by atoms with Crippen LogP contribution in [0.15, 0.2) is 0 Å². The standard InChI is InChI=1S/C12H22N2O2/c1-9(10-2-3-10)13-8-12(15)14-11-4-6-16-7-5-11/h9-11,13H,2-8H2,1H3,(H,14,15). The molecule has 2 fully saturated rings. The summed E-state index contributed by atoms with van der Waals surface area (Å²) in [7, 11) is 0. The lowest BCUT2D eigenvalue weighted by Crippen LogP contribution is -2.44. The van der Waals surface area contributed by atoms with Gasteiger partial charge in [0.1, 0.15) is 0 Å². The van der Waals surface area contributed by atoms with Crippen molar-refractivity contribution < 1.29 is 9.53 Å². The van der Waals surface area contributed by atoms with Gasteiger partial charge in [-0.15, -0.1) is 0 Å². The van der Waals surface area contributed by atoms with Crippen LogP contribution in [0.1, 0.15) is 32.6 Å². The molecule has 1 aliphatic heterocycles. The molecule has 4 nitrogen and oxygen atoms in total. The summed E-state index contributed by atoms with van der Waals surface area (Å²) >= 11 is 0. The van der Waals surface area contributed by atoms with E-state index >= 15 is 0 Å². The maximum absolute atomic E-state index is 11.6. The third-order valence-corrected chi connectivity index (χ3v) is 3.50. The number of ether oxygens (including phenoxy) is 1. The maximum atomic E-state index is 11.6. The van der Waals surface area contributed by atoms with Crippen LogP contribution in [0.3, 0.4) is 0 Å². The van der Waals surface area contributed by atoms with Crippen LogP contribution in [-0.4, -0.2) is 37.7 Å². The van der Waals surface area contributed by atoms with Gasteiger partial charge in [0.2, 0.25) is 5.91 Å². The number of rotatable bonds is 5. The van der Waals surface area contributed by atoms with E-state index < -0.39 is 0 Å². The Bertz CT molecular complexity index is 235. The van der Waals surface area contributed by atoms with Crippen LogP contribution < -0.4 is 10.6 Å². The third kappa shape index (κ3) is 3.76. The highest BCUT2D eigenvalue weighted by atomic mass is 16.5. The number of carbonyl (C=O) groups is 1. The van der Waals surface area contributed by atoms with E-state index in [1.165, 1.54) is 12.8 Å². The van der Waals surface area contributed by atoms with Gasteiger partial charge >= 0.3 is 0 Å². The summed E-state index contributed by atoms with van der Waals surface area (Å²) in [6, 6.07) is 0.805. The summed E-state index contributed by atoms with van der Waals surface area (Å²) in [5, 5.41) is 6.34. The van der Waals surface area contributed by atoms with E-state index in [4.69, 9.17) is 4.74 Å². The molecule has 0 spiro atoms. The van der Waals surface area contributed by atoms with Gasteiger partial charge in [0, 0.05) is 25.3 Å². The molecule has 0 aromatic heterocycles. The molecule has 0 radical (unpaired) electrons. The van der Waals surface area contributed by atoms with Gasteiger partial charge in [-0.05, 0) is 38.5 Å². The normalized spacial score (nSPS) is 24.1. The maximum Gasteiger partial charge on any atom is 0.234 e. The molecule has 1 saturated carbocycles. The number of hydrogen-bond acceptors (Lipinski definition) is 3. The number of amides is 1. The fourth-order valence-electron chi connectivity index (χ4n) is 2.14. The molecule has 2 N–H and O–H groups in total. The fourth-order valence-corrected chi connectivity index (χ4v) is 2.14. The minimum absolute atomic E-state index is 0.124. The first-order valence-corrected chi connectivity index (χ1v) is 6.36. The Labute approximate surface area is 97.1 Å². The van der Waals surface area contributed by atoms with Gasteiger partial charge in [0.15, 0.2) is 0 Å². The van der Waals surface area contributed by atoms with Crippen molar-refractivity contribution in [2.24, 2.45) is 5.92 Å². The molecule has 1 saturated heterocycles. The zero-order chi connectivity index (χ0) is 11.4. The van der Waals surface area contributed by atoms with E-state index in [-0.39, 0.29) is 5.91 Å². The van der Waals surface area contributed by atoms with Crippen molar-refractivity contribution in [2.75, 3.05) is 19.8 Å². The fraction of sp³-hybridized carbons (Fsp3) is 0.917. The van der Waals surface area contributed by atoms with Crippen LogP contribution in [-0.2, 0) is 9.53 Å². The number of nitrogens with one attached hydrogen (secondary N) is 2. The molecule has 0 aromatic rings. The molecule has 1 amide bonds. The van der Waals surface area contributed by atoms with Crippen molar-refractivity contribution >= 4 is 5.91 Å². The number of hydrogen-bond donors (Lipinski definition) is 2. The van der Waals surface area contributed by atoms with Gasteiger partial charge in [-0.25, -0.2) is 0 Å². The predicted molar refractivity (Wildman–Crippen MR) is 62.2 cm³/mol. The Morgan fingerprint density at radius 3 is 2.62 bits per heavy atom. The second-order valence-corrected chi connectivity index (χ2v) is 4.96. The summed E-state index contributed by atoms with van der Waals surface area (Å²) < 4.78 is 5.25. The molecule has 1 heterocycles. The summed E-state index contributed by atoms with van der Waals surface area (Å²) in [6.45, 7) is 4.17. The lowest BCUT2D eigenvalue weighted by atomic mass is 10.1. The van der Waals surface area contributed by atoms with Gasteiger partial charge in [0.05, 0.1) is 6.54 Å². The Hall–Kier alpha value is -0.610. The molecule has 0 bridgehead atoms. The minimum atomic E-state index is 0.124. The largest absolute Gasteiger partial charge is 0.381 e. The summed E-state index contributed by atoms with van der Waals surface area (Å²) in [5.41, 5.74) is 0. The van der Waals surface area contributed by atoms with Gasteiger partial charge in [-0.1, -0.05) is 0 Å². The number of carbonyl (C=O) groups excluding carboxylic acids is 1. The van der Waals surface area contributed by atoms with Crippen LogP contribution in [0.2, 0.25) is 0 Å². The van der Waals surface area contributed by atoms with Crippen LogP contribution in [0.5, 0.6) is 0 Å². The van der Waals surface area contributed by atoms with Gasteiger partial charge in [-0.3, -0.25) is 4.79 Å². The van der Waals surface area contributed by atoms with E-state index in [1.807, 2.05) is 0 Å². The third-order valence-electron chi connectivity index (χ3n) is 3.50. The first kappa shape index (κ1) is 11.9. The molecule has 4 heteroatoms. The van der Waals surface area contributed by atoms with E-state index in [0.29, 0.717) is 18.6 Å². The zero-order valence-corrected chi connectivity index (χ0v) is 10.00. The van der Waals surface area contributed by atoms with E-state index in [9.17, 15) is 4.79 Å².